The van der Waals surface area contributed by atoms with E-state index < -0.39 is 0 Å². The Hall–Kier alpha value is -1.64. The molecule has 1 aromatic heterocycles. The van der Waals surface area contributed by atoms with Crippen LogP contribution in [0.3, 0.4) is 0 Å². The average Bonchev–Trinajstić information content (AvgIpc) is 2.67. The standard InChI is InChI=1S/C23H37NO2/c1-3-21(2)15-12-10-8-6-4-5-7-9-11-13-17-23(25)26-20-22-16-14-18-24-19-22/h5,7,14,16,18-19,21H,3-4,6,8-13,15,17,20H2,1-2H3/b7-5-. The molecule has 1 rings (SSSR count). The molecule has 0 N–H and O–H groups in total. The molecule has 0 aliphatic heterocycles. The Kier molecular flexibility index (Phi) is 13.4. The van der Waals surface area contributed by atoms with Crippen LogP contribution in [-0.4, -0.2) is 11.0 Å². The number of hydrogen-bond donors (Lipinski definition) is 0. The fourth-order valence-electron chi connectivity index (χ4n) is 2.80. The fraction of sp³-hybridized carbons (Fsp3) is 0.652. The van der Waals surface area contributed by atoms with Crippen LogP contribution in [0.5, 0.6) is 0 Å². The van der Waals surface area contributed by atoms with Gasteiger partial charge in [-0.1, -0.05) is 64.2 Å². The molecule has 26 heavy (non-hydrogen) atoms. The van der Waals surface area contributed by atoms with E-state index in [4.69, 9.17) is 4.74 Å². The van der Waals surface area contributed by atoms with E-state index in [-0.39, 0.29) is 5.97 Å². The van der Waals surface area contributed by atoms with Crippen LogP contribution in [0, 0.1) is 5.92 Å². The summed E-state index contributed by atoms with van der Waals surface area (Å²) in [5.74, 6) is 0.776. The van der Waals surface area contributed by atoms with Gasteiger partial charge in [0.15, 0.2) is 0 Å². The predicted molar refractivity (Wildman–Crippen MR) is 109 cm³/mol. The van der Waals surface area contributed by atoms with Crippen LogP contribution < -0.4 is 0 Å². The number of nitrogens with zero attached hydrogens (tertiary/aromatic N) is 1. The number of unbranched alkanes of at least 4 members (excludes halogenated alkanes) is 6. The van der Waals surface area contributed by atoms with Crippen molar-refractivity contribution in [1.29, 1.82) is 0 Å². The molecule has 3 nitrogen and oxygen atoms in total. The molecule has 0 bridgehead atoms. The van der Waals surface area contributed by atoms with Crippen molar-refractivity contribution in [3.05, 3.63) is 42.2 Å². The zero-order valence-electron chi connectivity index (χ0n) is 16.8. The summed E-state index contributed by atoms with van der Waals surface area (Å²) < 4.78 is 5.24. The van der Waals surface area contributed by atoms with Gasteiger partial charge in [0.2, 0.25) is 0 Å². The third kappa shape index (κ3) is 12.7. The molecule has 1 aromatic rings. The molecule has 0 fully saturated rings. The van der Waals surface area contributed by atoms with Crippen molar-refractivity contribution < 1.29 is 9.53 Å². The van der Waals surface area contributed by atoms with Crippen molar-refractivity contribution in [2.45, 2.75) is 91.1 Å². The summed E-state index contributed by atoms with van der Waals surface area (Å²) in [6.07, 6.45) is 20.8. The van der Waals surface area contributed by atoms with E-state index >= 15 is 0 Å². The Balaban J connectivity index is 1.87. The Bertz CT molecular complexity index is 484. The van der Waals surface area contributed by atoms with E-state index in [1.165, 1.54) is 44.9 Å². The van der Waals surface area contributed by atoms with Gasteiger partial charge in [-0.15, -0.1) is 0 Å². The minimum atomic E-state index is -0.116. The van der Waals surface area contributed by atoms with Gasteiger partial charge in [0, 0.05) is 24.4 Å². The molecule has 146 valence electrons. The SMILES string of the molecule is CCC(C)CCCCCC/C=C\CCCCC(=O)OCc1cccnc1. The summed E-state index contributed by atoms with van der Waals surface area (Å²) in [4.78, 5) is 15.7. The summed E-state index contributed by atoms with van der Waals surface area (Å²) in [5, 5.41) is 0. The summed E-state index contributed by atoms with van der Waals surface area (Å²) in [6.45, 7) is 4.95. The molecule has 0 radical (unpaired) electrons. The highest BCUT2D eigenvalue weighted by Gasteiger charge is 2.02. The minimum Gasteiger partial charge on any atom is -0.461 e. The minimum absolute atomic E-state index is 0.116. The number of carbonyl (C=O) groups excluding carboxylic acids is 1. The molecule has 0 aliphatic carbocycles. The van der Waals surface area contributed by atoms with Gasteiger partial charge >= 0.3 is 5.97 Å². The number of aromatic nitrogens is 1. The van der Waals surface area contributed by atoms with Gasteiger partial charge in [-0.2, -0.15) is 0 Å². The molecular weight excluding hydrogens is 322 g/mol. The van der Waals surface area contributed by atoms with E-state index in [2.05, 4.69) is 31.0 Å². The van der Waals surface area contributed by atoms with E-state index in [1.54, 1.807) is 12.4 Å². The first-order valence-electron chi connectivity index (χ1n) is 10.4. The molecule has 1 unspecified atom stereocenters. The summed E-state index contributed by atoms with van der Waals surface area (Å²) >= 11 is 0. The van der Waals surface area contributed by atoms with E-state index in [1.807, 2.05) is 12.1 Å². The van der Waals surface area contributed by atoms with Gasteiger partial charge in [0.1, 0.15) is 6.61 Å². The van der Waals surface area contributed by atoms with E-state index in [0.717, 1.165) is 30.7 Å². The van der Waals surface area contributed by atoms with Crippen molar-refractivity contribution in [3.8, 4) is 0 Å². The lowest BCUT2D eigenvalue weighted by Crippen LogP contribution is -2.04. The van der Waals surface area contributed by atoms with Crippen LogP contribution in [0.1, 0.15) is 90.0 Å². The monoisotopic (exact) mass is 359 g/mol. The van der Waals surface area contributed by atoms with E-state index in [0.29, 0.717) is 13.0 Å². The molecule has 0 aromatic carbocycles. The maximum atomic E-state index is 11.7. The fourth-order valence-corrected chi connectivity index (χ4v) is 2.80. The third-order valence-electron chi connectivity index (χ3n) is 4.81. The van der Waals surface area contributed by atoms with Gasteiger partial charge in [-0.05, 0) is 44.1 Å². The lowest BCUT2D eigenvalue weighted by molar-refractivity contribution is -0.145. The molecule has 0 spiro atoms. The van der Waals surface area contributed by atoms with Crippen molar-refractivity contribution in [1.82, 2.24) is 4.98 Å². The molecule has 1 atom stereocenters. The first kappa shape index (κ1) is 22.4. The summed E-state index contributed by atoms with van der Waals surface area (Å²) in [6, 6.07) is 3.76. The van der Waals surface area contributed by atoms with E-state index in [9.17, 15) is 4.79 Å². The normalized spacial score (nSPS) is 12.4. The highest BCUT2D eigenvalue weighted by atomic mass is 16.5. The number of carbonyl (C=O) groups is 1. The second-order valence-corrected chi connectivity index (χ2v) is 7.24. The maximum absolute atomic E-state index is 11.7. The lowest BCUT2D eigenvalue weighted by atomic mass is 10.00. The number of ether oxygens (including phenoxy) is 1. The lowest BCUT2D eigenvalue weighted by Gasteiger charge is -2.06. The Morgan fingerprint density at radius 3 is 2.54 bits per heavy atom. The van der Waals surface area contributed by atoms with Gasteiger partial charge < -0.3 is 4.74 Å². The van der Waals surface area contributed by atoms with Gasteiger partial charge in [0.05, 0.1) is 0 Å². The Morgan fingerprint density at radius 1 is 1.12 bits per heavy atom. The zero-order chi connectivity index (χ0) is 18.9. The highest BCUT2D eigenvalue weighted by Crippen LogP contribution is 2.14. The van der Waals surface area contributed by atoms with Crippen LogP contribution in [0.15, 0.2) is 36.7 Å². The number of rotatable bonds is 15. The van der Waals surface area contributed by atoms with Crippen molar-refractivity contribution in [2.75, 3.05) is 0 Å². The van der Waals surface area contributed by atoms with Crippen LogP contribution in [0.2, 0.25) is 0 Å². The number of esters is 1. The molecular formula is C23H37NO2. The first-order valence-corrected chi connectivity index (χ1v) is 10.4. The third-order valence-corrected chi connectivity index (χ3v) is 4.81. The molecule has 0 aliphatic rings. The van der Waals surface area contributed by atoms with Crippen LogP contribution in [0.4, 0.5) is 0 Å². The van der Waals surface area contributed by atoms with Gasteiger partial charge in [-0.3, -0.25) is 9.78 Å². The van der Waals surface area contributed by atoms with Gasteiger partial charge in [-0.25, -0.2) is 0 Å². The average molecular weight is 360 g/mol. The van der Waals surface area contributed by atoms with Crippen LogP contribution in [-0.2, 0) is 16.1 Å². The largest absolute Gasteiger partial charge is 0.461 e. The molecule has 0 saturated carbocycles. The first-order chi connectivity index (χ1) is 12.7. The molecule has 3 heteroatoms. The summed E-state index contributed by atoms with van der Waals surface area (Å²) in [7, 11) is 0. The van der Waals surface area contributed by atoms with Crippen molar-refractivity contribution in [2.24, 2.45) is 5.92 Å². The molecule has 0 saturated heterocycles. The quantitative estimate of drug-likeness (QED) is 0.200. The van der Waals surface area contributed by atoms with Crippen LogP contribution >= 0.6 is 0 Å². The Morgan fingerprint density at radius 2 is 1.85 bits per heavy atom. The van der Waals surface area contributed by atoms with Crippen molar-refractivity contribution >= 4 is 5.97 Å². The highest BCUT2D eigenvalue weighted by molar-refractivity contribution is 5.69. The van der Waals surface area contributed by atoms with Crippen LogP contribution in [0.25, 0.3) is 0 Å². The summed E-state index contributed by atoms with van der Waals surface area (Å²) in [5.41, 5.74) is 0.934. The number of allylic oxidation sites excluding steroid dienone is 2. The second-order valence-electron chi connectivity index (χ2n) is 7.24. The number of pyridine rings is 1. The zero-order valence-corrected chi connectivity index (χ0v) is 16.8. The van der Waals surface area contributed by atoms with Crippen molar-refractivity contribution in [3.63, 3.8) is 0 Å². The smallest absolute Gasteiger partial charge is 0.306 e. The molecule has 1 heterocycles. The number of hydrogen-bond acceptors (Lipinski definition) is 3. The molecule has 0 amide bonds. The second kappa shape index (κ2) is 15.6. The predicted octanol–water partition coefficient (Wildman–Crippen LogP) is 6.63. The Labute approximate surface area is 160 Å². The maximum Gasteiger partial charge on any atom is 0.306 e. The topological polar surface area (TPSA) is 39.2 Å². The van der Waals surface area contributed by atoms with Gasteiger partial charge in [0.25, 0.3) is 0 Å².